The molecule has 0 bridgehead atoms. The van der Waals surface area contributed by atoms with E-state index < -0.39 is 0 Å². The summed E-state index contributed by atoms with van der Waals surface area (Å²) >= 11 is 0. The zero-order valence-corrected chi connectivity index (χ0v) is 13.9. The average Bonchev–Trinajstić information content (AvgIpc) is 2.69. The van der Waals surface area contributed by atoms with E-state index in [2.05, 4.69) is 23.6 Å². The maximum absolute atomic E-state index is 12.7. The quantitative estimate of drug-likeness (QED) is 0.808. The maximum atomic E-state index is 12.7. The molecule has 0 spiro atoms. The molecule has 0 aromatic heterocycles. The minimum absolute atomic E-state index is 0.0784. The number of nitrogens with zero attached hydrogens (tertiary/aromatic N) is 2. The van der Waals surface area contributed by atoms with E-state index in [0.717, 1.165) is 44.9 Å². The third-order valence-corrected chi connectivity index (χ3v) is 5.09. The van der Waals surface area contributed by atoms with Gasteiger partial charge in [0.05, 0.1) is 5.92 Å². The fourth-order valence-electron chi connectivity index (χ4n) is 3.51. The monoisotopic (exact) mass is 295 g/mol. The number of hydrogen-bond donors (Lipinski definition) is 1. The van der Waals surface area contributed by atoms with Gasteiger partial charge in [-0.1, -0.05) is 33.1 Å². The Kier molecular flexibility index (Phi) is 6.49. The number of carbonyl (C=O) groups excluding carboxylic acids is 1. The van der Waals surface area contributed by atoms with Crippen molar-refractivity contribution < 1.29 is 4.79 Å². The molecule has 2 atom stereocenters. The van der Waals surface area contributed by atoms with Crippen LogP contribution in [0.4, 0.5) is 0 Å². The minimum Gasteiger partial charge on any atom is -0.340 e. The van der Waals surface area contributed by atoms with Crippen molar-refractivity contribution >= 4 is 5.91 Å². The van der Waals surface area contributed by atoms with Gasteiger partial charge in [-0.3, -0.25) is 9.69 Å². The number of rotatable bonds is 4. The van der Waals surface area contributed by atoms with Crippen LogP contribution in [0.3, 0.4) is 0 Å². The van der Waals surface area contributed by atoms with Crippen molar-refractivity contribution in [1.82, 2.24) is 9.80 Å². The van der Waals surface area contributed by atoms with Gasteiger partial charge in [-0.15, -0.1) is 0 Å². The lowest BCUT2D eigenvalue weighted by atomic mass is 9.93. The average molecular weight is 295 g/mol. The number of piperazine rings is 1. The van der Waals surface area contributed by atoms with E-state index in [1.165, 1.54) is 32.2 Å². The van der Waals surface area contributed by atoms with E-state index in [0.29, 0.717) is 5.91 Å². The van der Waals surface area contributed by atoms with Gasteiger partial charge in [0.15, 0.2) is 0 Å². The lowest BCUT2D eigenvalue weighted by Gasteiger charge is -2.37. The molecule has 1 heterocycles. The molecule has 0 radical (unpaired) electrons. The fraction of sp³-hybridized carbons (Fsp3) is 0.941. The Morgan fingerprint density at radius 3 is 2.43 bits per heavy atom. The Bertz CT molecular complexity index is 324. The Balaban J connectivity index is 1.79. The van der Waals surface area contributed by atoms with Crippen LogP contribution in [0.2, 0.25) is 0 Å². The zero-order valence-electron chi connectivity index (χ0n) is 13.9. The van der Waals surface area contributed by atoms with Gasteiger partial charge in [0.2, 0.25) is 5.91 Å². The summed E-state index contributed by atoms with van der Waals surface area (Å²) < 4.78 is 0. The molecule has 2 N–H and O–H groups in total. The molecule has 1 saturated carbocycles. The van der Waals surface area contributed by atoms with Gasteiger partial charge in [-0.2, -0.15) is 0 Å². The Hall–Kier alpha value is -0.610. The molecule has 1 amide bonds. The van der Waals surface area contributed by atoms with Gasteiger partial charge in [0.25, 0.3) is 0 Å². The van der Waals surface area contributed by atoms with Gasteiger partial charge in [0.1, 0.15) is 0 Å². The lowest BCUT2D eigenvalue weighted by molar-refractivity contribution is -0.138. The number of carbonyl (C=O) groups is 1. The zero-order chi connectivity index (χ0) is 15.2. The number of amides is 1. The molecule has 2 rings (SSSR count). The summed E-state index contributed by atoms with van der Waals surface area (Å²) in [6.45, 7) is 9.55. The molecule has 2 fully saturated rings. The van der Waals surface area contributed by atoms with Crippen LogP contribution in [0.15, 0.2) is 0 Å². The highest BCUT2D eigenvalue weighted by molar-refractivity contribution is 5.79. The molecule has 122 valence electrons. The summed E-state index contributed by atoms with van der Waals surface area (Å²) in [5.74, 6) is 1.16. The van der Waals surface area contributed by atoms with E-state index >= 15 is 0 Å². The van der Waals surface area contributed by atoms with Crippen LogP contribution in [0.25, 0.3) is 0 Å². The fourth-order valence-corrected chi connectivity index (χ4v) is 3.51. The maximum Gasteiger partial charge on any atom is 0.227 e. The predicted octanol–water partition coefficient (Wildman–Crippen LogP) is 2.08. The van der Waals surface area contributed by atoms with E-state index in [1.807, 2.05) is 0 Å². The highest BCUT2D eigenvalue weighted by Gasteiger charge is 2.31. The van der Waals surface area contributed by atoms with E-state index in [9.17, 15) is 4.79 Å². The molecule has 2 unspecified atom stereocenters. The Morgan fingerprint density at radius 2 is 1.76 bits per heavy atom. The van der Waals surface area contributed by atoms with Gasteiger partial charge in [-0.25, -0.2) is 0 Å². The molecule has 0 aromatic carbocycles. The summed E-state index contributed by atoms with van der Waals surface area (Å²) in [7, 11) is 0. The second-order valence-corrected chi connectivity index (χ2v) is 7.26. The van der Waals surface area contributed by atoms with Crippen LogP contribution in [-0.4, -0.2) is 54.5 Å². The van der Waals surface area contributed by atoms with Crippen LogP contribution in [0.1, 0.15) is 52.4 Å². The van der Waals surface area contributed by atoms with Crippen LogP contribution in [0, 0.1) is 11.8 Å². The summed E-state index contributed by atoms with van der Waals surface area (Å²) in [6, 6.07) is 0.0824. The smallest absolute Gasteiger partial charge is 0.227 e. The van der Waals surface area contributed by atoms with Crippen LogP contribution in [0.5, 0.6) is 0 Å². The lowest BCUT2D eigenvalue weighted by Crippen LogP contribution is -2.52. The van der Waals surface area contributed by atoms with Crippen LogP contribution >= 0.6 is 0 Å². The first-order valence-electron chi connectivity index (χ1n) is 8.84. The topological polar surface area (TPSA) is 49.6 Å². The largest absolute Gasteiger partial charge is 0.340 e. The van der Waals surface area contributed by atoms with Crippen molar-refractivity contribution in [3.63, 3.8) is 0 Å². The first-order chi connectivity index (χ1) is 10.1. The molecule has 4 heteroatoms. The number of nitrogens with two attached hydrogens (primary N) is 1. The second-order valence-electron chi connectivity index (χ2n) is 7.26. The highest BCUT2D eigenvalue weighted by Crippen LogP contribution is 2.24. The Labute approximate surface area is 130 Å². The second kappa shape index (κ2) is 8.14. The first kappa shape index (κ1) is 16.8. The van der Waals surface area contributed by atoms with Gasteiger partial charge < -0.3 is 10.6 Å². The molecular weight excluding hydrogens is 262 g/mol. The SMILES string of the molecule is CC(C)CCN1CCN(C(=O)C2CCCCCC2N)CC1. The van der Waals surface area contributed by atoms with Crippen molar-refractivity contribution in [1.29, 1.82) is 0 Å². The highest BCUT2D eigenvalue weighted by atomic mass is 16.2. The van der Waals surface area contributed by atoms with Crippen molar-refractivity contribution in [2.75, 3.05) is 32.7 Å². The normalized spacial score (nSPS) is 28.7. The van der Waals surface area contributed by atoms with Crippen molar-refractivity contribution in [2.45, 2.75) is 58.4 Å². The van der Waals surface area contributed by atoms with Crippen LogP contribution in [-0.2, 0) is 4.79 Å². The van der Waals surface area contributed by atoms with Crippen molar-refractivity contribution in [3.05, 3.63) is 0 Å². The third-order valence-electron chi connectivity index (χ3n) is 5.09. The summed E-state index contributed by atoms with van der Waals surface area (Å²) in [4.78, 5) is 17.3. The predicted molar refractivity (Wildman–Crippen MR) is 87.0 cm³/mol. The summed E-state index contributed by atoms with van der Waals surface area (Å²) in [5.41, 5.74) is 6.24. The Morgan fingerprint density at radius 1 is 1.10 bits per heavy atom. The van der Waals surface area contributed by atoms with Crippen molar-refractivity contribution in [3.8, 4) is 0 Å². The standard InChI is InChI=1S/C17H33N3O/c1-14(2)8-9-19-10-12-20(13-11-19)17(21)15-6-4-3-5-7-16(15)18/h14-16H,3-13,18H2,1-2H3. The molecule has 1 aliphatic carbocycles. The first-order valence-corrected chi connectivity index (χ1v) is 8.84. The van der Waals surface area contributed by atoms with Crippen LogP contribution < -0.4 is 5.73 Å². The molecule has 21 heavy (non-hydrogen) atoms. The van der Waals surface area contributed by atoms with Gasteiger partial charge in [-0.05, 0) is 31.7 Å². The van der Waals surface area contributed by atoms with E-state index in [4.69, 9.17) is 5.73 Å². The van der Waals surface area contributed by atoms with Crippen molar-refractivity contribution in [2.24, 2.45) is 17.6 Å². The molecular formula is C17H33N3O. The summed E-state index contributed by atoms with van der Waals surface area (Å²) in [6.07, 6.45) is 6.85. The van der Waals surface area contributed by atoms with E-state index in [1.54, 1.807) is 0 Å². The summed E-state index contributed by atoms with van der Waals surface area (Å²) in [5, 5.41) is 0. The molecule has 2 aliphatic rings. The molecule has 1 saturated heterocycles. The molecule has 0 aromatic rings. The van der Waals surface area contributed by atoms with Gasteiger partial charge in [0, 0.05) is 32.2 Å². The number of hydrogen-bond acceptors (Lipinski definition) is 3. The van der Waals surface area contributed by atoms with Gasteiger partial charge >= 0.3 is 0 Å². The third kappa shape index (κ3) is 4.96. The molecule has 4 nitrogen and oxygen atoms in total. The van der Waals surface area contributed by atoms with E-state index in [-0.39, 0.29) is 12.0 Å². The molecule has 1 aliphatic heterocycles. The minimum atomic E-state index is 0.0784.